The molecule has 0 unspecified atom stereocenters. The normalized spacial score (nSPS) is 9.32. The predicted molar refractivity (Wildman–Crippen MR) is 72.4 cm³/mol. The summed E-state index contributed by atoms with van der Waals surface area (Å²) in [5.74, 6) is 5.31. The highest BCUT2D eigenvalue weighted by molar-refractivity contribution is 6.04. The van der Waals surface area contributed by atoms with E-state index in [1.807, 2.05) is 0 Å². The molecule has 0 fully saturated rings. The molecule has 1 amide bonds. The number of hydrogen-bond acceptors (Lipinski definition) is 4. The quantitative estimate of drug-likeness (QED) is 0.782. The van der Waals surface area contributed by atoms with E-state index < -0.39 is 0 Å². The van der Waals surface area contributed by atoms with Crippen LogP contribution in [0.3, 0.4) is 0 Å². The van der Waals surface area contributed by atoms with Crippen molar-refractivity contribution in [3.8, 4) is 11.8 Å². The van der Waals surface area contributed by atoms with Crippen LogP contribution in [0, 0.1) is 11.8 Å². The Labute approximate surface area is 110 Å². The summed E-state index contributed by atoms with van der Waals surface area (Å²) in [5.41, 5.74) is 7.08. The lowest BCUT2D eigenvalue weighted by molar-refractivity contribution is 0.102. The maximum Gasteiger partial charge on any atom is 0.257 e. The van der Waals surface area contributed by atoms with Gasteiger partial charge in [-0.1, -0.05) is 11.8 Å². The Kier molecular flexibility index (Phi) is 4.21. The first kappa shape index (κ1) is 12.7. The highest BCUT2D eigenvalue weighted by Crippen LogP contribution is 2.08. The summed E-state index contributed by atoms with van der Waals surface area (Å²) in [6.07, 6.45) is 6.30. The number of anilines is 1. The van der Waals surface area contributed by atoms with Crippen molar-refractivity contribution >= 4 is 11.6 Å². The molecule has 0 bridgehead atoms. The fourth-order valence-corrected chi connectivity index (χ4v) is 1.42. The number of nitrogens with one attached hydrogen (secondary N) is 1. The van der Waals surface area contributed by atoms with Crippen LogP contribution in [0.2, 0.25) is 0 Å². The molecule has 5 heteroatoms. The fourth-order valence-electron chi connectivity index (χ4n) is 1.42. The summed E-state index contributed by atoms with van der Waals surface area (Å²) in [4.78, 5) is 19.9. The highest BCUT2D eigenvalue weighted by Gasteiger charge is 2.06. The maximum absolute atomic E-state index is 12.0. The van der Waals surface area contributed by atoms with E-state index >= 15 is 0 Å². The van der Waals surface area contributed by atoms with Crippen molar-refractivity contribution in [2.75, 3.05) is 11.9 Å². The molecule has 19 heavy (non-hydrogen) atoms. The van der Waals surface area contributed by atoms with Gasteiger partial charge in [0.25, 0.3) is 5.91 Å². The summed E-state index contributed by atoms with van der Waals surface area (Å²) in [7, 11) is 0. The average molecular weight is 252 g/mol. The molecule has 94 valence electrons. The van der Waals surface area contributed by atoms with Gasteiger partial charge in [0.05, 0.1) is 12.1 Å². The van der Waals surface area contributed by atoms with Gasteiger partial charge in [-0.2, -0.15) is 0 Å². The van der Waals surface area contributed by atoms with Gasteiger partial charge in [0.15, 0.2) is 0 Å². The van der Waals surface area contributed by atoms with Crippen LogP contribution in [0.4, 0.5) is 5.69 Å². The van der Waals surface area contributed by atoms with E-state index in [9.17, 15) is 4.79 Å². The van der Waals surface area contributed by atoms with Crippen LogP contribution in [-0.4, -0.2) is 22.4 Å². The Morgan fingerprint density at radius 1 is 1.26 bits per heavy atom. The molecule has 0 aliphatic carbocycles. The number of aromatic nitrogens is 2. The van der Waals surface area contributed by atoms with Crippen LogP contribution < -0.4 is 11.1 Å². The molecule has 0 radical (unpaired) electrons. The third kappa shape index (κ3) is 3.63. The topological polar surface area (TPSA) is 80.9 Å². The molecule has 5 nitrogen and oxygen atoms in total. The number of amides is 1. The number of rotatable bonds is 2. The Hall–Kier alpha value is -2.71. The van der Waals surface area contributed by atoms with E-state index in [1.165, 1.54) is 6.20 Å². The average Bonchev–Trinajstić information content (AvgIpc) is 2.46. The molecule has 2 heterocycles. The molecule has 2 aromatic heterocycles. The Morgan fingerprint density at radius 3 is 2.79 bits per heavy atom. The molecule has 2 aromatic rings. The van der Waals surface area contributed by atoms with Crippen LogP contribution in [0.5, 0.6) is 0 Å². The van der Waals surface area contributed by atoms with E-state index in [0.29, 0.717) is 16.8 Å². The van der Waals surface area contributed by atoms with E-state index in [4.69, 9.17) is 5.73 Å². The highest BCUT2D eigenvalue weighted by atomic mass is 16.1. The summed E-state index contributed by atoms with van der Waals surface area (Å²) in [5, 5.41) is 2.75. The summed E-state index contributed by atoms with van der Waals surface area (Å²) >= 11 is 0. The number of hydrogen-bond donors (Lipinski definition) is 2. The SMILES string of the molecule is NCC#Cc1cncc(C(=O)Nc2ccncc2)c1. The minimum atomic E-state index is -0.241. The Bertz CT molecular complexity index is 629. The smallest absolute Gasteiger partial charge is 0.257 e. The minimum Gasteiger partial charge on any atom is -0.322 e. The van der Waals surface area contributed by atoms with Gasteiger partial charge in [-0.3, -0.25) is 14.8 Å². The standard InChI is InChI=1S/C14H12N4O/c15-5-1-2-11-8-12(10-17-9-11)14(19)18-13-3-6-16-7-4-13/h3-4,6-10H,5,15H2,(H,16,18,19). The van der Waals surface area contributed by atoms with Gasteiger partial charge in [0.2, 0.25) is 0 Å². The Balaban J connectivity index is 2.15. The third-order valence-corrected chi connectivity index (χ3v) is 2.27. The van der Waals surface area contributed by atoms with Gasteiger partial charge in [-0.15, -0.1) is 0 Å². The van der Waals surface area contributed by atoms with Crippen molar-refractivity contribution in [3.05, 3.63) is 54.1 Å². The van der Waals surface area contributed by atoms with Crippen molar-refractivity contribution in [2.45, 2.75) is 0 Å². The van der Waals surface area contributed by atoms with E-state index in [-0.39, 0.29) is 12.5 Å². The molecule has 0 saturated heterocycles. The number of nitrogens with two attached hydrogens (primary N) is 1. The van der Waals surface area contributed by atoms with Gasteiger partial charge >= 0.3 is 0 Å². The number of nitrogens with zero attached hydrogens (tertiary/aromatic N) is 2. The van der Waals surface area contributed by atoms with E-state index in [1.54, 1.807) is 36.8 Å². The lowest BCUT2D eigenvalue weighted by Crippen LogP contribution is -2.12. The molecule has 0 spiro atoms. The van der Waals surface area contributed by atoms with Crippen molar-refractivity contribution in [3.63, 3.8) is 0 Å². The monoisotopic (exact) mass is 252 g/mol. The van der Waals surface area contributed by atoms with Gasteiger partial charge in [-0.05, 0) is 18.2 Å². The zero-order chi connectivity index (χ0) is 13.5. The van der Waals surface area contributed by atoms with Crippen LogP contribution in [0.25, 0.3) is 0 Å². The van der Waals surface area contributed by atoms with Crippen LogP contribution in [0.15, 0.2) is 43.0 Å². The predicted octanol–water partition coefficient (Wildman–Crippen LogP) is 1.04. The first-order chi connectivity index (χ1) is 9.29. The van der Waals surface area contributed by atoms with Crippen molar-refractivity contribution < 1.29 is 4.79 Å². The molecule has 0 aliphatic heterocycles. The van der Waals surface area contributed by atoms with Crippen molar-refractivity contribution in [1.29, 1.82) is 0 Å². The van der Waals surface area contributed by atoms with E-state index in [0.717, 1.165) is 0 Å². The first-order valence-electron chi connectivity index (χ1n) is 5.65. The van der Waals surface area contributed by atoms with Gasteiger partial charge in [-0.25, -0.2) is 0 Å². The minimum absolute atomic E-state index is 0.241. The zero-order valence-electron chi connectivity index (χ0n) is 10.1. The lowest BCUT2D eigenvalue weighted by Gasteiger charge is -2.04. The molecule has 0 aromatic carbocycles. The molecular formula is C14H12N4O. The summed E-state index contributed by atoms with van der Waals surface area (Å²) in [6, 6.07) is 5.10. The molecule has 3 N–H and O–H groups in total. The van der Waals surface area contributed by atoms with Crippen LogP contribution in [-0.2, 0) is 0 Å². The van der Waals surface area contributed by atoms with Gasteiger partial charge < -0.3 is 11.1 Å². The van der Waals surface area contributed by atoms with Crippen LogP contribution >= 0.6 is 0 Å². The Morgan fingerprint density at radius 2 is 2.05 bits per heavy atom. The molecular weight excluding hydrogens is 240 g/mol. The first-order valence-corrected chi connectivity index (χ1v) is 5.65. The molecule has 0 atom stereocenters. The second-order valence-corrected chi connectivity index (χ2v) is 3.66. The maximum atomic E-state index is 12.0. The molecule has 0 aliphatic rings. The largest absolute Gasteiger partial charge is 0.322 e. The molecule has 2 rings (SSSR count). The lowest BCUT2D eigenvalue weighted by atomic mass is 10.2. The number of pyridine rings is 2. The summed E-state index contributed by atoms with van der Waals surface area (Å²) < 4.78 is 0. The van der Waals surface area contributed by atoms with Crippen molar-refractivity contribution in [2.24, 2.45) is 5.73 Å². The second-order valence-electron chi connectivity index (χ2n) is 3.66. The second kappa shape index (κ2) is 6.28. The zero-order valence-corrected chi connectivity index (χ0v) is 10.1. The third-order valence-electron chi connectivity index (χ3n) is 2.27. The van der Waals surface area contributed by atoms with Crippen LogP contribution in [0.1, 0.15) is 15.9 Å². The van der Waals surface area contributed by atoms with Gasteiger partial charge in [0, 0.05) is 36.0 Å². The van der Waals surface area contributed by atoms with Gasteiger partial charge in [0.1, 0.15) is 0 Å². The molecule has 0 saturated carbocycles. The fraction of sp³-hybridized carbons (Fsp3) is 0.0714. The van der Waals surface area contributed by atoms with E-state index in [2.05, 4.69) is 27.1 Å². The number of carbonyl (C=O) groups excluding carboxylic acids is 1. The number of carbonyl (C=O) groups is 1. The van der Waals surface area contributed by atoms with Crippen molar-refractivity contribution in [1.82, 2.24) is 9.97 Å². The summed E-state index contributed by atoms with van der Waals surface area (Å²) in [6.45, 7) is 0.271.